The highest BCUT2D eigenvalue weighted by Gasteiger charge is 2.30. The van der Waals surface area contributed by atoms with Crippen molar-refractivity contribution in [3.05, 3.63) is 53.9 Å². The number of thioether (sulfide) groups is 1. The Morgan fingerprint density at radius 2 is 1.97 bits per heavy atom. The Bertz CT molecular complexity index is 1060. The molecule has 0 saturated carbocycles. The van der Waals surface area contributed by atoms with Crippen molar-refractivity contribution in [1.29, 1.82) is 0 Å². The molecule has 0 radical (unpaired) electrons. The Hall–Kier alpha value is -3.21. The van der Waals surface area contributed by atoms with Gasteiger partial charge in [-0.2, -0.15) is 18.2 Å². The van der Waals surface area contributed by atoms with Gasteiger partial charge in [0.1, 0.15) is 11.5 Å². The molecule has 3 rings (SSSR count). The van der Waals surface area contributed by atoms with Crippen molar-refractivity contribution in [3.63, 3.8) is 0 Å². The van der Waals surface area contributed by atoms with E-state index in [2.05, 4.69) is 15.5 Å². The van der Waals surface area contributed by atoms with E-state index in [1.807, 2.05) is 0 Å². The van der Waals surface area contributed by atoms with E-state index in [0.29, 0.717) is 17.2 Å². The average molecular weight is 453 g/mol. The monoisotopic (exact) mass is 453 g/mol. The third-order valence-electron chi connectivity index (χ3n) is 4.06. The van der Waals surface area contributed by atoms with Crippen LogP contribution < -0.4 is 14.8 Å². The molecular weight excluding hydrogens is 435 g/mol. The second-order valence-electron chi connectivity index (χ2n) is 6.20. The Balaban J connectivity index is 1.57. The topological polar surface area (TPSA) is 86.5 Å². The number of hydrogen-bond donors (Lipinski definition) is 1. The summed E-state index contributed by atoms with van der Waals surface area (Å²) < 4.78 is 54.0. The van der Waals surface area contributed by atoms with Crippen molar-refractivity contribution in [3.8, 4) is 22.9 Å². The van der Waals surface area contributed by atoms with Crippen molar-refractivity contribution in [2.75, 3.05) is 25.3 Å². The number of benzene rings is 2. The summed E-state index contributed by atoms with van der Waals surface area (Å²) in [5.41, 5.74) is -0.134. The summed E-state index contributed by atoms with van der Waals surface area (Å²) in [6.45, 7) is 0. The molecule has 1 aromatic heterocycles. The van der Waals surface area contributed by atoms with E-state index < -0.39 is 11.7 Å². The van der Waals surface area contributed by atoms with Crippen molar-refractivity contribution >= 4 is 23.4 Å². The molecule has 3 aromatic rings. The third-order valence-corrected chi connectivity index (χ3v) is 4.97. The normalized spacial score (nSPS) is 11.3. The van der Waals surface area contributed by atoms with Crippen LogP contribution in [0.3, 0.4) is 0 Å². The third kappa shape index (κ3) is 5.91. The van der Waals surface area contributed by atoms with Gasteiger partial charge in [-0.05, 0) is 24.3 Å². The first-order chi connectivity index (χ1) is 14.8. The number of amides is 1. The number of alkyl halides is 3. The minimum Gasteiger partial charge on any atom is -0.497 e. The fraction of sp³-hybridized carbons (Fsp3) is 0.250. The molecule has 7 nitrogen and oxygen atoms in total. The Morgan fingerprint density at radius 1 is 1.16 bits per heavy atom. The van der Waals surface area contributed by atoms with E-state index in [4.69, 9.17) is 14.0 Å². The van der Waals surface area contributed by atoms with Gasteiger partial charge in [0.25, 0.3) is 0 Å². The summed E-state index contributed by atoms with van der Waals surface area (Å²) in [5, 5.41) is 6.46. The zero-order valence-electron chi connectivity index (χ0n) is 16.5. The number of nitrogens with one attached hydrogen (secondary N) is 1. The minimum atomic E-state index is -4.46. The molecule has 164 valence electrons. The van der Waals surface area contributed by atoms with Crippen LogP contribution in [0.4, 0.5) is 18.9 Å². The molecule has 2 aromatic carbocycles. The van der Waals surface area contributed by atoms with Crippen LogP contribution in [0.2, 0.25) is 0 Å². The number of aromatic nitrogens is 2. The molecule has 0 fully saturated rings. The van der Waals surface area contributed by atoms with E-state index in [9.17, 15) is 18.0 Å². The molecule has 0 aliphatic rings. The highest BCUT2D eigenvalue weighted by molar-refractivity contribution is 7.99. The number of nitrogens with zero attached hydrogens (tertiary/aromatic N) is 2. The highest BCUT2D eigenvalue weighted by Crippen LogP contribution is 2.32. The lowest BCUT2D eigenvalue weighted by molar-refractivity contribution is -0.137. The molecule has 0 atom stereocenters. The zero-order chi connectivity index (χ0) is 22.4. The number of ether oxygens (including phenoxy) is 2. The van der Waals surface area contributed by atoms with Crippen LogP contribution in [0.25, 0.3) is 11.4 Å². The zero-order valence-corrected chi connectivity index (χ0v) is 17.3. The van der Waals surface area contributed by atoms with E-state index in [1.165, 1.54) is 38.1 Å². The van der Waals surface area contributed by atoms with Gasteiger partial charge in [0.05, 0.1) is 37.0 Å². The number of carbonyl (C=O) groups is 1. The van der Waals surface area contributed by atoms with Gasteiger partial charge in [0, 0.05) is 11.6 Å². The number of methoxy groups -OCH3 is 2. The summed E-state index contributed by atoms with van der Waals surface area (Å²) in [5.74, 6) is 1.32. The van der Waals surface area contributed by atoms with E-state index >= 15 is 0 Å². The van der Waals surface area contributed by atoms with Crippen LogP contribution in [0.1, 0.15) is 11.5 Å². The molecule has 31 heavy (non-hydrogen) atoms. The maximum Gasteiger partial charge on any atom is 0.416 e. The molecule has 1 amide bonds. The second-order valence-corrected chi connectivity index (χ2v) is 7.18. The molecule has 0 spiro atoms. The molecule has 0 saturated heterocycles. The lowest BCUT2D eigenvalue weighted by Crippen LogP contribution is -2.15. The number of anilines is 1. The first kappa shape index (κ1) is 22.5. The predicted octanol–water partition coefficient (Wildman–Crippen LogP) is 4.64. The number of carbonyl (C=O) groups excluding carboxylic acids is 1. The van der Waals surface area contributed by atoms with Crippen LogP contribution in [-0.2, 0) is 16.7 Å². The fourth-order valence-electron chi connectivity index (χ4n) is 2.59. The number of rotatable bonds is 8. The van der Waals surface area contributed by atoms with Gasteiger partial charge in [0.15, 0.2) is 0 Å². The summed E-state index contributed by atoms with van der Waals surface area (Å²) >= 11 is 1.21. The van der Waals surface area contributed by atoms with Gasteiger partial charge in [-0.25, -0.2) is 0 Å². The number of halogens is 3. The molecule has 0 aliphatic heterocycles. The van der Waals surface area contributed by atoms with Crippen molar-refractivity contribution < 1.29 is 32.0 Å². The molecule has 0 aliphatic carbocycles. The Morgan fingerprint density at radius 3 is 2.68 bits per heavy atom. The summed E-state index contributed by atoms with van der Waals surface area (Å²) in [4.78, 5) is 16.3. The largest absolute Gasteiger partial charge is 0.497 e. The Labute approximate surface area is 179 Å². The summed E-state index contributed by atoms with van der Waals surface area (Å²) in [6.07, 6.45) is -4.46. The van der Waals surface area contributed by atoms with Crippen LogP contribution in [0.15, 0.2) is 47.0 Å². The lowest BCUT2D eigenvalue weighted by Gasteiger charge is -2.11. The molecule has 0 unspecified atom stereocenters. The quantitative estimate of drug-likeness (QED) is 0.532. The lowest BCUT2D eigenvalue weighted by atomic mass is 10.1. The molecule has 1 N–H and O–H groups in total. The number of hydrogen-bond acceptors (Lipinski definition) is 7. The molecular formula is C20H18F3N3O4S. The van der Waals surface area contributed by atoms with Crippen LogP contribution in [0, 0.1) is 0 Å². The molecule has 11 heteroatoms. The predicted molar refractivity (Wildman–Crippen MR) is 109 cm³/mol. The van der Waals surface area contributed by atoms with Gasteiger partial charge in [-0.3, -0.25) is 4.79 Å². The van der Waals surface area contributed by atoms with Gasteiger partial charge in [0.2, 0.25) is 17.6 Å². The smallest absolute Gasteiger partial charge is 0.416 e. The van der Waals surface area contributed by atoms with Gasteiger partial charge in [-0.15, -0.1) is 11.8 Å². The van der Waals surface area contributed by atoms with Crippen molar-refractivity contribution in [2.24, 2.45) is 0 Å². The van der Waals surface area contributed by atoms with Gasteiger partial charge >= 0.3 is 6.18 Å². The van der Waals surface area contributed by atoms with Gasteiger partial charge in [-0.1, -0.05) is 17.3 Å². The molecule has 0 bridgehead atoms. The highest BCUT2D eigenvalue weighted by atomic mass is 32.2. The SMILES string of the molecule is COc1ccc(OC)c(NC(=O)CSCc2nc(-c3cccc(C(F)(F)F)c3)no2)c1. The summed E-state index contributed by atoms with van der Waals surface area (Å²) in [7, 11) is 3.01. The standard InChI is InChI=1S/C20H18F3N3O4S/c1-28-14-6-7-16(29-2)15(9-14)24-17(27)10-31-11-18-25-19(26-30-18)12-4-3-5-13(8-12)20(21,22)23/h3-9H,10-11H2,1-2H3,(H,24,27). The first-order valence-corrected chi connectivity index (χ1v) is 10.1. The minimum absolute atomic E-state index is 0.0484. The first-order valence-electron chi connectivity index (χ1n) is 8.90. The van der Waals surface area contributed by atoms with Crippen LogP contribution in [-0.4, -0.2) is 36.0 Å². The van der Waals surface area contributed by atoms with Crippen LogP contribution >= 0.6 is 11.8 Å². The van der Waals surface area contributed by atoms with Crippen molar-refractivity contribution in [2.45, 2.75) is 11.9 Å². The second kappa shape index (κ2) is 9.73. The van der Waals surface area contributed by atoms with E-state index in [-0.39, 0.29) is 34.7 Å². The van der Waals surface area contributed by atoms with E-state index in [1.54, 1.807) is 18.2 Å². The maximum absolute atomic E-state index is 12.9. The molecule has 1 heterocycles. The van der Waals surface area contributed by atoms with Gasteiger partial charge < -0.3 is 19.3 Å². The van der Waals surface area contributed by atoms with Crippen LogP contribution in [0.5, 0.6) is 11.5 Å². The van der Waals surface area contributed by atoms with Crippen molar-refractivity contribution in [1.82, 2.24) is 10.1 Å². The maximum atomic E-state index is 12.9. The Kier molecular flexibility index (Phi) is 7.06. The fourth-order valence-corrected chi connectivity index (χ4v) is 3.25. The summed E-state index contributed by atoms with van der Waals surface area (Å²) in [6, 6.07) is 9.69. The van der Waals surface area contributed by atoms with E-state index in [0.717, 1.165) is 12.1 Å². The average Bonchev–Trinajstić information content (AvgIpc) is 3.22.